The highest BCUT2D eigenvalue weighted by molar-refractivity contribution is 5.72. The van der Waals surface area contributed by atoms with E-state index in [4.69, 9.17) is 4.74 Å². The van der Waals surface area contributed by atoms with Crippen LogP contribution in [0.4, 0.5) is 0 Å². The molecule has 0 bridgehead atoms. The summed E-state index contributed by atoms with van der Waals surface area (Å²) in [5, 5.41) is 40.6. The Morgan fingerprint density at radius 2 is 1.71 bits per heavy atom. The number of carbonyl (C=O) groups is 2. The molecule has 0 amide bonds. The second-order valence-electron chi connectivity index (χ2n) is 11.1. The summed E-state index contributed by atoms with van der Waals surface area (Å²) in [6, 6.07) is 2.10. The number of hydrogen-bond acceptors (Lipinski definition) is 6. The van der Waals surface area contributed by atoms with Crippen LogP contribution >= 0.6 is 0 Å². The van der Waals surface area contributed by atoms with Gasteiger partial charge in [-0.1, -0.05) is 46.3 Å². The molecule has 1 fully saturated rings. The summed E-state index contributed by atoms with van der Waals surface area (Å²) in [5.74, 6) is -1.77. The Labute approximate surface area is 209 Å². The van der Waals surface area contributed by atoms with Gasteiger partial charge in [0.15, 0.2) is 0 Å². The van der Waals surface area contributed by atoms with Gasteiger partial charge in [0, 0.05) is 12.3 Å². The lowest BCUT2D eigenvalue weighted by Gasteiger charge is -2.28. The summed E-state index contributed by atoms with van der Waals surface area (Å²) in [5.41, 5.74) is 0.282. The van der Waals surface area contributed by atoms with E-state index < -0.39 is 36.2 Å². The van der Waals surface area contributed by atoms with Crippen LogP contribution in [0, 0.1) is 46.8 Å². The van der Waals surface area contributed by atoms with Crippen LogP contribution in [-0.2, 0) is 14.3 Å². The molecule has 3 N–H and O–H groups in total. The van der Waals surface area contributed by atoms with Crippen molar-refractivity contribution in [2.24, 2.45) is 35.5 Å². The predicted octanol–water partition coefficient (Wildman–Crippen LogP) is 4.64. The minimum atomic E-state index is -0.882. The average Bonchev–Trinajstić information content (AvgIpc) is 3.27. The summed E-state index contributed by atoms with van der Waals surface area (Å²) in [4.78, 5) is 24.5. The lowest BCUT2D eigenvalue weighted by molar-refractivity contribution is -0.159. The molecule has 35 heavy (non-hydrogen) atoms. The lowest BCUT2D eigenvalue weighted by atomic mass is 9.82. The van der Waals surface area contributed by atoms with Crippen LogP contribution in [0.25, 0.3) is 0 Å². The van der Waals surface area contributed by atoms with E-state index in [1.165, 1.54) is 0 Å². The highest BCUT2D eigenvalue weighted by Crippen LogP contribution is 2.37. The number of esters is 1. The van der Waals surface area contributed by atoms with E-state index in [0.717, 1.165) is 25.7 Å². The number of nitriles is 1. The van der Waals surface area contributed by atoms with Crippen LogP contribution in [-0.4, -0.2) is 45.6 Å². The van der Waals surface area contributed by atoms with Crippen molar-refractivity contribution in [3.8, 4) is 6.07 Å². The number of rotatable bonds is 2. The molecule has 2 rings (SSSR count). The van der Waals surface area contributed by atoms with Crippen molar-refractivity contribution in [3.63, 3.8) is 0 Å². The normalized spacial score (nSPS) is 40.9. The Morgan fingerprint density at radius 1 is 1.06 bits per heavy atom. The molecule has 1 heterocycles. The zero-order valence-corrected chi connectivity index (χ0v) is 21.6. The summed E-state index contributed by atoms with van der Waals surface area (Å²) in [7, 11) is 0. The fourth-order valence-electron chi connectivity index (χ4n) is 5.97. The van der Waals surface area contributed by atoms with Gasteiger partial charge in [-0.15, -0.1) is 0 Å². The molecule has 1 aliphatic heterocycles. The largest absolute Gasteiger partial charge is 0.481 e. The number of cyclic esters (lactones) is 1. The molecule has 196 valence electrons. The number of aliphatic hydroxyl groups is 2. The Balaban J connectivity index is 2.30. The van der Waals surface area contributed by atoms with Crippen molar-refractivity contribution in [2.45, 2.75) is 97.4 Å². The molecular weight excluding hydrogens is 446 g/mol. The first-order valence-corrected chi connectivity index (χ1v) is 13.1. The molecule has 0 spiro atoms. The Kier molecular flexibility index (Phi) is 11.5. The number of allylic oxidation sites excluding steroid dienone is 2. The van der Waals surface area contributed by atoms with Gasteiger partial charge < -0.3 is 20.1 Å². The third-order valence-electron chi connectivity index (χ3n) is 7.80. The zero-order chi connectivity index (χ0) is 26.1. The molecule has 0 aromatic carbocycles. The summed E-state index contributed by atoms with van der Waals surface area (Å²) in [6.07, 6.45) is 7.33. The van der Waals surface area contributed by atoms with Crippen molar-refractivity contribution < 1.29 is 29.6 Å². The average molecular weight is 490 g/mol. The lowest BCUT2D eigenvalue weighted by Crippen LogP contribution is -2.34. The minimum Gasteiger partial charge on any atom is -0.481 e. The van der Waals surface area contributed by atoms with Gasteiger partial charge in [0.05, 0.1) is 36.2 Å². The maximum atomic E-state index is 12.7. The first-order chi connectivity index (χ1) is 16.5. The fraction of sp³-hybridized carbons (Fsp3) is 0.750. The standard InChI is InChI=1S/C28H43NO6/c1-17-12-18(2)14-20(4)27(32)21(16-29)8-5-6-11-25(22-9-7-10-23(22)28(33)34)35-26(31)15-24(30)19(3)13-17/h5-6,8,17-20,22-25,27,30,32H,7,9-15H2,1-4H3,(H,33,34)/b6-5+,21-8-/t17-,18+,19-,20+,22-,23+,24+,25-,27+/m1/s1. The predicted molar refractivity (Wildman–Crippen MR) is 133 cm³/mol. The number of aliphatic hydroxyl groups excluding tert-OH is 2. The first kappa shape index (κ1) is 29.1. The van der Waals surface area contributed by atoms with Gasteiger partial charge in [0.1, 0.15) is 6.10 Å². The highest BCUT2D eigenvalue weighted by atomic mass is 16.5. The first-order valence-electron chi connectivity index (χ1n) is 13.1. The van der Waals surface area contributed by atoms with Crippen LogP contribution in [0.3, 0.4) is 0 Å². The Hall–Kier alpha value is -2.17. The van der Waals surface area contributed by atoms with Crippen molar-refractivity contribution in [1.29, 1.82) is 5.26 Å². The van der Waals surface area contributed by atoms with E-state index in [0.29, 0.717) is 31.1 Å². The maximum Gasteiger partial charge on any atom is 0.308 e. The third-order valence-corrected chi connectivity index (χ3v) is 7.80. The van der Waals surface area contributed by atoms with E-state index in [2.05, 4.69) is 19.9 Å². The van der Waals surface area contributed by atoms with E-state index in [1.54, 1.807) is 18.2 Å². The van der Waals surface area contributed by atoms with Crippen LogP contribution < -0.4 is 0 Å². The quantitative estimate of drug-likeness (QED) is 0.482. The van der Waals surface area contributed by atoms with Gasteiger partial charge in [-0.25, -0.2) is 0 Å². The van der Waals surface area contributed by atoms with Crippen molar-refractivity contribution in [1.82, 2.24) is 0 Å². The highest BCUT2D eigenvalue weighted by Gasteiger charge is 2.39. The summed E-state index contributed by atoms with van der Waals surface area (Å²) >= 11 is 0. The topological polar surface area (TPSA) is 128 Å². The molecule has 0 aromatic rings. The van der Waals surface area contributed by atoms with E-state index in [1.807, 2.05) is 13.8 Å². The van der Waals surface area contributed by atoms with Gasteiger partial charge in [-0.05, 0) is 61.9 Å². The molecule has 0 aromatic heterocycles. The van der Waals surface area contributed by atoms with Crippen LogP contribution in [0.2, 0.25) is 0 Å². The molecule has 7 heteroatoms. The van der Waals surface area contributed by atoms with Crippen molar-refractivity contribution in [3.05, 3.63) is 23.8 Å². The van der Waals surface area contributed by atoms with Gasteiger partial charge in [-0.3, -0.25) is 9.59 Å². The van der Waals surface area contributed by atoms with Crippen molar-refractivity contribution >= 4 is 11.9 Å². The van der Waals surface area contributed by atoms with Gasteiger partial charge in [-0.2, -0.15) is 5.26 Å². The Morgan fingerprint density at radius 3 is 2.34 bits per heavy atom. The van der Waals surface area contributed by atoms with Crippen molar-refractivity contribution in [2.75, 3.05) is 0 Å². The molecular formula is C28H43NO6. The third kappa shape index (κ3) is 8.77. The Bertz CT molecular complexity index is 815. The molecule has 0 saturated heterocycles. The van der Waals surface area contributed by atoms with E-state index >= 15 is 0 Å². The molecule has 0 unspecified atom stereocenters. The van der Waals surface area contributed by atoms with Gasteiger partial charge in [0.25, 0.3) is 0 Å². The molecule has 2 aliphatic rings. The SMILES string of the molecule is C[C@@H]1C[C@H](C)C[C@H](C)[C@H](O)/C(C#N)=C\C=C\C[C@H]([C@@H]2CCC[C@@H]2C(=O)O)OC(=O)C[C@H](O)[C@H](C)C1. The number of carboxylic acid groups (broad SMARTS) is 1. The summed E-state index contributed by atoms with van der Waals surface area (Å²) in [6.45, 7) is 8.16. The molecule has 1 saturated carbocycles. The number of aliphatic carboxylic acids is 1. The molecule has 1 aliphatic carbocycles. The molecule has 0 radical (unpaired) electrons. The number of hydrogen-bond donors (Lipinski definition) is 3. The molecule has 7 nitrogen and oxygen atoms in total. The zero-order valence-electron chi connectivity index (χ0n) is 21.6. The van der Waals surface area contributed by atoms with Gasteiger partial charge in [0.2, 0.25) is 0 Å². The van der Waals surface area contributed by atoms with Crippen LogP contribution in [0.15, 0.2) is 23.8 Å². The minimum absolute atomic E-state index is 0.0816. The van der Waals surface area contributed by atoms with E-state index in [-0.39, 0.29) is 29.7 Å². The second-order valence-corrected chi connectivity index (χ2v) is 11.1. The second kappa shape index (κ2) is 13.8. The number of ether oxygens (including phenoxy) is 1. The molecule has 9 atom stereocenters. The van der Waals surface area contributed by atoms with Crippen LogP contribution in [0.1, 0.15) is 79.1 Å². The van der Waals surface area contributed by atoms with Crippen LogP contribution in [0.5, 0.6) is 0 Å². The summed E-state index contributed by atoms with van der Waals surface area (Å²) < 4.78 is 5.77. The number of nitrogens with zero attached hydrogens (tertiary/aromatic N) is 1. The smallest absolute Gasteiger partial charge is 0.308 e. The number of carboxylic acids is 1. The monoisotopic (exact) mass is 489 g/mol. The van der Waals surface area contributed by atoms with E-state index in [9.17, 15) is 30.2 Å². The van der Waals surface area contributed by atoms with Gasteiger partial charge >= 0.3 is 11.9 Å². The number of carbonyl (C=O) groups excluding carboxylic acids is 1. The fourth-order valence-corrected chi connectivity index (χ4v) is 5.97. The maximum absolute atomic E-state index is 12.7.